The van der Waals surface area contributed by atoms with E-state index in [-0.39, 0.29) is 11.4 Å². The molecule has 0 aliphatic rings. The molecule has 2 rings (SSSR count). The SMILES string of the molecule is CC(C)(C)NC(=O)c1ccnc(-c2cccnc2)c1. The van der Waals surface area contributed by atoms with E-state index in [1.165, 1.54) is 0 Å². The molecule has 0 saturated heterocycles. The van der Waals surface area contributed by atoms with E-state index in [9.17, 15) is 4.79 Å². The van der Waals surface area contributed by atoms with Crippen molar-refractivity contribution in [3.63, 3.8) is 0 Å². The van der Waals surface area contributed by atoms with Crippen molar-refractivity contribution in [2.24, 2.45) is 0 Å². The molecule has 0 atom stereocenters. The fraction of sp³-hybridized carbons (Fsp3) is 0.267. The quantitative estimate of drug-likeness (QED) is 0.897. The van der Waals surface area contributed by atoms with Gasteiger partial charge in [0.05, 0.1) is 5.69 Å². The molecule has 4 heteroatoms. The predicted octanol–water partition coefficient (Wildman–Crippen LogP) is 2.67. The third-order valence-corrected chi connectivity index (χ3v) is 2.47. The van der Waals surface area contributed by atoms with Crippen LogP contribution in [0.3, 0.4) is 0 Å². The molecule has 1 amide bonds. The van der Waals surface area contributed by atoms with Gasteiger partial charge in [-0.1, -0.05) is 0 Å². The molecule has 0 fully saturated rings. The summed E-state index contributed by atoms with van der Waals surface area (Å²) in [6.45, 7) is 5.86. The minimum Gasteiger partial charge on any atom is -0.347 e. The standard InChI is InChI=1S/C15H17N3O/c1-15(2,3)18-14(19)11-6-8-17-13(9-11)12-5-4-7-16-10-12/h4-10H,1-3H3,(H,18,19). The summed E-state index contributed by atoms with van der Waals surface area (Å²) in [5.41, 5.74) is 1.99. The lowest BCUT2D eigenvalue weighted by molar-refractivity contribution is 0.0919. The van der Waals surface area contributed by atoms with E-state index in [1.807, 2.05) is 32.9 Å². The van der Waals surface area contributed by atoms with Crippen molar-refractivity contribution in [2.75, 3.05) is 0 Å². The normalized spacial score (nSPS) is 11.1. The van der Waals surface area contributed by atoms with Crippen LogP contribution in [0.5, 0.6) is 0 Å². The molecule has 0 spiro atoms. The molecule has 0 saturated carbocycles. The number of nitrogens with one attached hydrogen (secondary N) is 1. The molecule has 19 heavy (non-hydrogen) atoms. The highest BCUT2D eigenvalue weighted by Gasteiger charge is 2.15. The Kier molecular flexibility index (Phi) is 3.60. The van der Waals surface area contributed by atoms with E-state index < -0.39 is 0 Å². The van der Waals surface area contributed by atoms with Gasteiger partial charge in [-0.2, -0.15) is 0 Å². The molecule has 0 aromatic carbocycles. The predicted molar refractivity (Wildman–Crippen MR) is 74.7 cm³/mol. The topological polar surface area (TPSA) is 54.9 Å². The molecule has 0 radical (unpaired) electrons. The van der Waals surface area contributed by atoms with Crippen molar-refractivity contribution in [3.05, 3.63) is 48.4 Å². The molecule has 98 valence electrons. The number of hydrogen-bond acceptors (Lipinski definition) is 3. The van der Waals surface area contributed by atoms with Crippen molar-refractivity contribution in [1.29, 1.82) is 0 Å². The van der Waals surface area contributed by atoms with E-state index in [1.54, 1.807) is 30.7 Å². The van der Waals surface area contributed by atoms with Crippen LogP contribution in [0.25, 0.3) is 11.3 Å². The number of rotatable bonds is 2. The van der Waals surface area contributed by atoms with Gasteiger partial charge in [0.1, 0.15) is 0 Å². The van der Waals surface area contributed by atoms with Crippen molar-refractivity contribution < 1.29 is 4.79 Å². The molecule has 0 aliphatic heterocycles. The molecular weight excluding hydrogens is 238 g/mol. The number of amides is 1. The second kappa shape index (κ2) is 5.18. The number of nitrogens with zero attached hydrogens (tertiary/aromatic N) is 2. The summed E-state index contributed by atoms with van der Waals surface area (Å²) < 4.78 is 0. The van der Waals surface area contributed by atoms with Gasteiger partial charge >= 0.3 is 0 Å². The average Bonchev–Trinajstić information content (AvgIpc) is 2.38. The van der Waals surface area contributed by atoms with E-state index in [0.29, 0.717) is 5.56 Å². The summed E-state index contributed by atoms with van der Waals surface area (Å²) in [6.07, 6.45) is 5.08. The fourth-order valence-electron chi connectivity index (χ4n) is 1.66. The smallest absolute Gasteiger partial charge is 0.251 e. The zero-order valence-corrected chi connectivity index (χ0v) is 11.3. The number of aromatic nitrogens is 2. The van der Waals surface area contributed by atoms with Gasteiger partial charge in [0.2, 0.25) is 0 Å². The number of pyridine rings is 2. The van der Waals surface area contributed by atoms with Crippen molar-refractivity contribution in [3.8, 4) is 11.3 Å². The highest BCUT2D eigenvalue weighted by molar-refractivity contribution is 5.95. The second-order valence-corrected chi connectivity index (χ2v) is 5.38. The number of carbonyl (C=O) groups is 1. The lowest BCUT2D eigenvalue weighted by atomic mass is 10.1. The molecule has 0 unspecified atom stereocenters. The Bertz CT molecular complexity index is 573. The summed E-state index contributed by atoms with van der Waals surface area (Å²) in [6, 6.07) is 7.25. The van der Waals surface area contributed by atoms with Crippen LogP contribution in [0, 0.1) is 0 Å². The largest absolute Gasteiger partial charge is 0.347 e. The van der Waals surface area contributed by atoms with Gasteiger partial charge < -0.3 is 5.32 Å². The minimum atomic E-state index is -0.255. The first-order chi connectivity index (χ1) is 8.96. The summed E-state index contributed by atoms with van der Waals surface area (Å²) >= 11 is 0. The average molecular weight is 255 g/mol. The van der Waals surface area contributed by atoms with Gasteiger partial charge in [0, 0.05) is 35.3 Å². The summed E-state index contributed by atoms with van der Waals surface area (Å²) in [7, 11) is 0. The van der Waals surface area contributed by atoms with Crippen LogP contribution in [0.4, 0.5) is 0 Å². The lowest BCUT2D eigenvalue weighted by Crippen LogP contribution is -2.40. The molecule has 1 N–H and O–H groups in total. The van der Waals surface area contributed by atoms with Crippen LogP contribution in [0.2, 0.25) is 0 Å². The first kappa shape index (κ1) is 13.2. The van der Waals surface area contributed by atoms with E-state index in [2.05, 4.69) is 15.3 Å². The molecular formula is C15H17N3O. The second-order valence-electron chi connectivity index (χ2n) is 5.38. The van der Waals surface area contributed by atoms with Crippen LogP contribution in [0.1, 0.15) is 31.1 Å². The monoisotopic (exact) mass is 255 g/mol. The number of hydrogen-bond donors (Lipinski definition) is 1. The molecule has 4 nitrogen and oxygen atoms in total. The van der Waals surface area contributed by atoms with Crippen LogP contribution in [-0.4, -0.2) is 21.4 Å². The summed E-state index contributed by atoms with van der Waals surface area (Å²) in [5.74, 6) is -0.0972. The zero-order chi connectivity index (χ0) is 13.9. The van der Waals surface area contributed by atoms with Crippen LogP contribution in [0.15, 0.2) is 42.9 Å². The van der Waals surface area contributed by atoms with Crippen molar-refractivity contribution in [1.82, 2.24) is 15.3 Å². The maximum atomic E-state index is 12.1. The Morgan fingerprint density at radius 2 is 2.00 bits per heavy atom. The maximum absolute atomic E-state index is 12.1. The highest BCUT2D eigenvalue weighted by atomic mass is 16.1. The van der Waals surface area contributed by atoms with Gasteiger partial charge in [-0.05, 0) is 45.0 Å². The van der Waals surface area contributed by atoms with Crippen LogP contribution >= 0.6 is 0 Å². The Morgan fingerprint density at radius 1 is 1.21 bits per heavy atom. The third kappa shape index (κ3) is 3.61. The maximum Gasteiger partial charge on any atom is 0.251 e. The molecule has 0 aliphatic carbocycles. The molecule has 2 heterocycles. The Labute approximate surface area is 112 Å². The molecule has 2 aromatic rings. The van der Waals surface area contributed by atoms with Gasteiger partial charge in [-0.3, -0.25) is 14.8 Å². The Balaban J connectivity index is 2.28. The lowest BCUT2D eigenvalue weighted by Gasteiger charge is -2.20. The Hall–Kier alpha value is -2.23. The van der Waals surface area contributed by atoms with E-state index in [4.69, 9.17) is 0 Å². The number of carbonyl (C=O) groups excluding carboxylic acids is 1. The first-order valence-corrected chi connectivity index (χ1v) is 6.15. The van der Waals surface area contributed by atoms with Gasteiger partial charge in [-0.15, -0.1) is 0 Å². The van der Waals surface area contributed by atoms with Crippen molar-refractivity contribution >= 4 is 5.91 Å². The zero-order valence-electron chi connectivity index (χ0n) is 11.3. The highest BCUT2D eigenvalue weighted by Crippen LogP contribution is 2.16. The summed E-state index contributed by atoms with van der Waals surface area (Å²) in [5, 5.41) is 2.93. The Morgan fingerprint density at radius 3 is 2.63 bits per heavy atom. The minimum absolute atomic E-state index is 0.0972. The first-order valence-electron chi connectivity index (χ1n) is 6.15. The van der Waals surface area contributed by atoms with Gasteiger partial charge in [-0.25, -0.2) is 0 Å². The van der Waals surface area contributed by atoms with E-state index in [0.717, 1.165) is 11.3 Å². The molecule has 0 bridgehead atoms. The fourth-order valence-corrected chi connectivity index (χ4v) is 1.66. The van der Waals surface area contributed by atoms with Crippen molar-refractivity contribution in [2.45, 2.75) is 26.3 Å². The van der Waals surface area contributed by atoms with Gasteiger partial charge in [0.25, 0.3) is 5.91 Å². The summed E-state index contributed by atoms with van der Waals surface area (Å²) in [4.78, 5) is 20.4. The third-order valence-electron chi connectivity index (χ3n) is 2.47. The van der Waals surface area contributed by atoms with Crippen LogP contribution < -0.4 is 5.32 Å². The van der Waals surface area contributed by atoms with Gasteiger partial charge in [0.15, 0.2) is 0 Å². The van der Waals surface area contributed by atoms with Crippen LogP contribution in [-0.2, 0) is 0 Å². The van der Waals surface area contributed by atoms with E-state index >= 15 is 0 Å². The molecule has 2 aromatic heterocycles.